The molecular formula is C61H112O6. The van der Waals surface area contributed by atoms with Crippen molar-refractivity contribution in [3.8, 4) is 0 Å². The van der Waals surface area contributed by atoms with E-state index in [-0.39, 0.29) is 31.1 Å². The standard InChI is InChI=1S/C61H112O6/c1-4-7-10-13-16-19-22-25-27-29-31-33-36-39-42-45-48-51-54-60(63)66-57-58(56-65-59(62)53-50-47-44-41-38-35-24-21-18-15-12-9-6-3)67-61(64)55-52-49-46-43-40-37-34-32-30-28-26-23-20-17-14-11-8-5-2/h19,21-22,24,27,29,58H,4-18,20,23,25-26,28,30-57H2,1-3H3/b22-19-,24-21-,29-27-. The summed E-state index contributed by atoms with van der Waals surface area (Å²) in [6.45, 7) is 6.64. The van der Waals surface area contributed by atoms with Crippen molar-refractivity contribution in [3.63, 3.8) is 0 Å². The van der Waals surface area contributed by atoms with Crippen LogP contribution in [0, 0.1) is 0 Å². The minimum Gasteiger partial charge on any atom is -0.462 e. The highest BCUT2D eigenvalue weighted by atomic mass is 16.6. The Hall–Kier alpha value is -2.37. The van der Waals surface area contributed by atoms with Crippen LogP contribution in [-0.4, -0.2) is 37.2 Å². The smallest absolute Gasteiger partial charge is 0.306 e. The molecule has 0 rings (SSSR count). The van der Waals surface area contributed by atoms with Crippen molar-refractivity contribution in [2.45, 2.75) is 322 Å². The van der Waals surface area contributed by atoms with Gasteiger partial charge in [-0.15, -0.1) is 0 Å². The summed E-state index contributed by atoms with van der Waals surface area (Å²) >= 11 is 0. The molecule has 0 aromatic heterocycles. The van der Waals surface area contributed by atoms with E-state index in [2.05, 4.69) is 57.2 Å². The van der Waals surface area contributed by atoms with Gasteiger partial charge in [-0.25, -0.2) is 0 Å². The van der Waals surface area contributed by atoms with Gasteiger partial charge in [0.1, 0.15) is 13.2 Å². The monoisotopic (exact) mass is 941 g/mol. The van der Waals surface area contributed by atoms with E-state index < -0.39 is 6.10 Å². The number of rotatable bonds is 54. The molecule has 0 spiro atoms. The summed E-state index contributed by atoms with van der Waals surface area (Å²) in [6.07, 6.45) is 67.0. The molecule has 0 aromatic rings. The summed E-state index contributed by atoms with van der Waals surface area (Å²) in [5, 5.41) is 0. The average Bonchev–Trinajstić information content (AvgIpc) is 3.33. The summed E-state index contributed by atoms with van der Waals surface area (Å²) in [4.78, 5) is 38.2. The van der Waals surface area contributed by atoms with Gasteiger partial charge in [-0.1, -0.05) is 256 Å². The quantitative estimate of drug-likeness (QED) is 0.0262. The first-order valence-corrected chi connectivity index (χ1v) is 29.5. The maximum Gasteiger partial charge on any atom is 0.306 e. The molecule has 0 amide bonds. The number of hydrogen-bond donors (Lipinski definition) is 0. The van der Waals surface area contributed by atoms with Crippen LogP contribution in [-0.2, 0) is 28.6 Å². The molecule has 1 atom stereocenters. The summed E-state index contributed by atoms with van der Waals surface area (Å²) in [7, 11) is 0. The molecule has 0 heterocycles. The largest absolute Gasteiger partial charge is 0.462 e. The molecule has 0 N–H and O–H groups in total. The van der Waals surface area contributed by atoms with E-state index in [4.69, 9.17) is 14.2 Å². The third-order valence-corrected chi connectivity index (χ3v) is 13.1. The van der Waals surface area contributed by atoms with Crippen LogP contribution in [0.15, 0.2) is 36.5 Å². The molecule has 0 saturated heterocycles. The molecule has 6 heteroatoms. The maximum absolute atomic E-state index is 12.9. The van der Waals surface area contributed by atoms with E-state index in [9.17, 15) is 14.4 Å². The highest BCUT2D eigenvalue weighted by molar-refractivity contribution is 5.71. The van der Waals surface area contributed by atoms with Crippen LogP contribution in [0.25, 0.3) is 0 Å². The van der Waals surface area contributed by atoms with Crippen LogP contribution in [0.2, 0.25) is 0 Å². The lowest BCUT2D eigenvalue weighted by molar-refractivity contribution is -0.167. The molecule has 0 aliphatic rings. The average molecular weight is 942 g/mol. The van der Waals surface area contributed by atoms with Crippen molar-refractivity contribution in [2.24, 2.45) is 0 Å². The van der Waals surface area contributed by atoms with E-state index in [0.717, 1.165) is 77.0 Å². The number of hydrogen-bond acceptors (Lipinski definition) is 6. The van der Waals surface area contributed by atoms with Crippen molar-refractivity contribution in [3.05, 3.63) is 36.5 Å². The van der Waals surface area contributed by atoms with Crippen molar-refractivity contribution < 1.29 is 28.6 Å². The molecule has 0 aromatic carbocycles. The molecule has 1 unspecified atom stereocenters. The first kappa shape index (κ1) is 64.6. The molecule has 0 radical (unpaired) electrons. The van der Waals surface area contributed by atoms with E-state index >= 15 is 0 Å². The van der Waals surface area contributed by atoms with E-state index in [0.29, 0.717) is 19.3 Å². The molecule has 0 aliphatic heterocycles. The second kappa shape index (κ2) is 56.2. The first-order chi connectivity index (χ1) is 33.0. The Labute approximate surface area is 416 Å². The Morgan fingerprint density at radius 2 is 0.537 bits per heavy atom. The Kier molecular flexibility index (Phi) is 54.2. The Bertz CT molecular complexity index is 1130. The highest BCUT2D eigenvalue weighted by Gasteiger charge is 2.19. The molecule has 6 nitrogen and oxygen atoms in total. The summed E-state index contributed by atoms with van der Waals surface area (Å²) in [6, 6.07) is 0. The predicted molar refractivity (Wildman–Crippen MR) is 289 cm³/mol. The van der Waals surface area contributed by atoms with E-state index in [1.807, 2.05) is 0 Å². The lowest BCUT2D eigenvalue weighted by Gasteiger charge is -2.18. The fraction of sp³-hybridized carbons (Fsp3) is 0.852. The van der Waals surface area contributed by atoms with Gasteiger partial charge in [-0.2, -0.15) is 0 Å². The zero-order valence-corrected chi connectivity index (χ0v) is 44.9. The second-order valence-electron chi connectivity index (χ2n) is 19.9. The zero-order chi connectivity index (χ0) is 48.6. The van der Waals surface area contributed by atoms with Gasteiger partial charge in [0.05, 0.1) is 0 Å². The van der Waals surface area contributed by atoms with Gasteiger partial charge in [0, 0.05) is 19.3 Å². The third kappa shape index (κ3) is 54.4. The molecule has 67 heavy (non-hydrogen) atoms. The molecule has 0 fully saturated rings. The van der Waals surface area contributed by atoms with Gasteiger partial charge < -0.3 is 14.2 Å². The zero-order valence-electron chi connectivity index (χ0n) is 44.9. The lowest BCUT2D eigenvalue weighted by atomic mass is 10.0. The maximum atomic E-state index is 12.9. The summed E-state index contributed by atoms with van der Waals surface area (Å²) < 4.78 is 16.9. The normalized spacial score (nSPS) is 12.2. The first-order valence-electron chi connectivity index (χ1n) is 29.5. The van der Waals surface area contributed by atoms with Gasteiger partial charge in [0.2, 0.25) is 0 Å². The number of carbonyl (C=O) groups is 3. The van der Waals surface area contributed by atoms with Crippen LogP contribution in [0.3, 0.4) is 0 Å². The molecule has 0 bridgehead atoms. The van der Waals surface area contributed by atoms with E-state index in [1.165, 1.54) is 199 Å². The van der Waals surface area contributed by atoms with Crippen LogP contribution in [0.1, 0.15) is 316 Å². The Morgan fingerprint density at radius 3 is 0.851 bits per heavy atom. The number of unbranched alkanes of at least 4 members (excludes halogenated alkanes) is 37. The fourth-order valence-corrected chi connectivity index (χ4v) is 8.65. The SMILES string of the molecule is CCCCCC/C=C\C/C=C\CCCCCCCCCC(=O)OCC(COC(=O)CCCCCCC/C=C\CCCCCC)OC(=O)CCCCCCCCCCCCCCCCCCCC. The van der Waals surface area contributed by atoms with Crippen LogP contribution in [0.4, 0.5) is 0 Å². The van der Waals surface area contributed by atoms with Crippen molar-refractivity contribution in [1.29, 1.82) is 0 Å². The second-order valence-corrected chi connectivity index (χ2v) is 19.9. The number of ether oxygens (including phenoxy) is 3. The van der Waals surface area contributed by atoms with Crippen molar-refractivity contribution >= 4 is 17.9 Å². The van der Waals surface area contributed by atoms with Crippen molar-refractivity contribution in [2.75, 3.05) is 13.2 Å². The third-order valence-electron chi connectivity index (χ3n) is 13.1. The Balaban J connectivity index is 4.34. The predicted octanol–water partition coefficient (Wildman–Crippen LogP) is 19.7. The van der Waals surface area contributed by atoms with Gasteiger partial charge in [-0.3, -0.25) is 14.4 Å². The van der Waals surface area contributed by atoms with Crippen LogP contribution >= 0.6 is 0 Å². The Morgan fingerprint density at radius 1 is 0.299 bits per heavy atom. The van der Waals surface area contributed by atoms with E-state index in [1.54, 1.807) is 0 Å². The lowest BCUT2D eigenvalue weighted by Crippen LogP contribution is -2.30. The molecule has 0 saturated carbocycles. The minimum absolute atomic E-state index is 0.0755. The van der Waals surface area contributed by atoms with Gasteiger partial charge in [-0.05, 0) is 77.0 Å². The number of allylic oxidation sites excluding steroid dienone is 6. The molecule has 392 valence electrons. The van der Waals surface area contributed by atoms with Gasteiger partial charge in [0.15, 0.2) is 6.10 Å². The molecular weight excluding hydrogens is 829 g/mol. The topological polar surface area (TPSA) is 78.9 Å². The fourth-order valence-electron chi connectivity index (χ4n) is 8.65. The molecule has 0 aliphatic carbocycles. The summed E-state index contributed by atoms with van der Waals surface area (Å²) in [5.74, 6) is -0.873. The van der Waals surface area contributed by atoms with Crippen LogP contribution in [0.5, 0.6) is 0 Å². The number of carbonyl (C=O) groups excluding carboxylic acids is 3. The van der Waals surface area contributed by atoms with Gasteiger partial charge >= 0.3 is 17.9 Å². The summed E-state index contributed by atoms with van der Waals surface area (Å²) in [5.41, 5.74) is 0. The minimum atomic E-state index is -0.776. The number of esters is 3. The van der Waals surface area contributed by atoms with Crippen LogP contribution < -0.4 is 0 Å². The van der Waals surface area contributed by atoms with Crippen molar-refractivity contribution in [1.82, 2.24) is 0 Å². The van der Waals surface area contributed by atoms with Gasteiger partial charge in [0.25, 0.3) is 0 Å². The highest BCUT2D eigenvalue weighted by Crippen LogP contribution is 2.17.